The van der Waals surface area contributed by atoms with Gasteiger partial charge in [0.2, 0.25) is 0 Å². The van der Waals surface area contributed by atoms with E-state index in [-0.39, 0.29) is 12.2 Å². The number of likely N-dealkylation sites (tertiary alicyclic amines) is 1. The summed E-state index contributed by atoms with van der Waals surface area (Å²) in [5.41, 5.74) is 0.360. The minimum absolute atomic E-state index is 0.0171. The lowest BCUT2D eigenvalue weighted by atomic mass is 10.0. The van der Waals surface area contributed by atoms with E-state index in [1.165, 1.54) is 0 Å². The van der Waals surface area contributed by atoms with E-state index in [2.05, 4.69) is 6.92 Å². The Balaban J connectivity index is 1.93. The van der Waals surface area contributed by atoms with Crippen LogP contribution in [0.5, 0.6) is 11.5 Å². The molecule has 0 bridgehead atoms. The van der Waals surface area contributed by atoms with Crippen LogP contribution in [-0.4, -0.2) is 48.0 Å². The van der Waals surface area contributed by atoms with Gasteiger partial charge in [0, 0.05) is 25.9 Å². The fraction of sp³-hybridized carbons (Fsp3) is 0.682. The molecule has 1 heterocycles. The van der Waals surface area contributed by atoms with Crippen LogP contribution in [0.1, 0.15) is 71.5 Å². The molecule has 0 spiro atoms. The minimum atomic E-state index is -0.486. The monoisotopic (exact) mass is 393 g/mol. The van der Waals surface area contributed by atoms with Crippen LogP contribution in [0.15, 0.2) is 18.2 Å². The molecule has 1 aliphatic heterocycles. The fourth-order valence-corrected chi connectivity index (χ4v) is 3.22. The lowest BCUT2D eigenvalue weighted by molar-refractivity contribution is 0.0124. The SMILES string of the molecule is CCCCC(O)c1ccc(OC2CCN(C(=O)OC(C)(C)C)CC2)c(OC)c1. The molecule has 1 amide bonds. The van der Waals surface area contributed by atoms with Gasteiger partial charge in [-0.2, -0.15) is 0 Å². The van der Waals surface area contributed by atoms with Crippen LogP contribution >= 0.6 is 0 Å². The predicted molar refractivity (Wildman–Crippen MR) is 109 cm³/mol. The zero-order chi connectivity index (χ0) is 20.7. The van der Waals surface area contributed by atoms with Gasteiger partial charge in [-0.15, -0.1) is 0 Å². The average Bonchev–Trinajstić information content (AvgIpc) is 2.65. The van der Waals surface area contributed by atoms with Gasteiger partial charge in [-0.05, 0) is 44.9 Å². The van der Waals surface area contributed by atoms with Crippen molar-refractivity contribution in [3.63, 3.8) is 0 Å². The normalized spacial score (nSPS) is 16.6. The Morgan fingerprint density at radius 3 is 2.50 bits per heavy atom. The van der Waals surface area contributed by atoms with E-state index >= 15 is 0 Å². The molecular weight excluding hydrogens is 358 g/mol. The highest BCUT2D eigenvalue weighted by Gasteiger charge is 2.28. The first-order chi connectivity index (χ1) is 13.2. The highest BCUT2D eigenvalue weighted by molar-refractivity contribution is 5.68. The van der Waals surface area contributed by atoms with E-state index in [1.807, 2.05) is 39.0 Å². The first-order valence-corrected chi connectivity index (χ1v) is 10.2. The Morgan fingerprint density at radius 1 is 1.25 bits per heavy atom. The second-order valence-electron chi connectivity index (χ2n) is 8.35. The molecule has 1 saturated heterocycles. The Bertz CT molecular complexity index is 632. The quantitative estimate of drug-likeness (QED) is 0.727. The molecule has 6 heteroatoms. The third-order valence-electron chi connectivity index (χ3n) is 4.79. The molecule has 1 aliphatic rings. The molecule has 1 aromatic carbocycles. The lowest BCUT2D eigenvalue weighted by Crippen LogP contribution is -2.44. The van der Waals surface area contributed by atoms with Crippen molar-refractivity contribution in [1.29, 1.82) is 0 Å². The zero-order valence-corrected chi connectivity index (χ0v) is 17.9. The van der Waals surface area contributed by atoms with Crippen LogP contribution < -0.4 is 9.47 Å². The van der Waals surface area contributed by atoms with Gasteiger partial charge in [0.15, 0.2) is 11.5 Å². The fourth-order valence-electron chi connectivity index (χ4n) is 3.22. The molecule has 0 radical (unpaired) electrons. The van der Waals surface area contributed by atoms with Crippen molar-refractivity contribution in [2.75, 3.05) is 20.2 Å². The third kappa shape index (κ3) is 6.59. The maximum absolute atomic E-state index is 12.2. The number of unbranched alkanes of at least 4 members (excludes halogenated alkanes) is 1. The number of carbonyl (C=O) groups excluding carboxylic acids is 1. The molecule has 1 atom stereocenters. The number of hydrogen-bond donors (Lipinski definition) is 1. The van der Waals surface area contributed by atoms with Crippen molar-refractivity contribution in [2.24, 2.45) is 0 Å². The number of nitrogens with zero attached hydrogens (tertiary/aromatic N) is 1. The van der Waals surface area contributed by atoms with Crippen molar-refractivity contribution >= 4 is 6.09 Å². The number of aliphatic hydroxyl groups is 1. The second-order valence-corrected chi connectivity index (χ2v) is 8.35. The summed E-state index contributed by atoms with van der Waals surface area (Å²) in [6.45, 7) is 8.94. The van der Waals surface area contributed by atoms with Crippen LogP contribution in [0.4, 0.5) is 4.79 Å². The molecule has 0 aromatic heterocycles. The Kier molecular flexibility index (Phi) is 7.98. The number of amides is 1. The van der Waals surface area contributed by atoms with Gasteiger partial charge in [-0.3, -0.25) is 0 Å². The summed E-state index contributed by atoms with van der Waals surface area (Å²) in [6, 6.07) is 5.61. The summed E-state index contributed by atoms with van der Waals surface area (Å²) in [7, 11) is 1.61. The molecule has 1 unspecified atom stereocenters. The highest BCUT2D eigenvalue weighted by Crippen LogP contribution is 2.33. The first kappa shape index (κ1) is 22.3. The molecule has 0 saturated carbocycles. The number of rotatable bonds is 7. The number of ether oxygens (including phenoxy) is 3. The van der Waals surface area contributed by atoms with Gasteiger partial charge in [-0.1, -0.05) is 25.8 Å². The molecular formula is C22H35NO5. The summed E-state index contributed by atoms with van der Waals surface area (Å²) < 4.78 is 17.0. The van der Waals surface area contributed by atoms with E-state index in [9.17, 15) is 9.90 Å². The molecule has 1 N–H and O–H groups in total. The van der Waals surface area contributed by atoms with Gasteiger partial charge in [0.25, 0.3) is 0 Å². The van der Waals surface area contributed by atoms with Gasteiger partial charge >= 0.3 is 6.09 Å². The lowest BCUT2D eigenvalue weighted by Gasteiger charge is -2.33. The van der Waals surface area contributed by atoms with Crippen molar-refractivity contribution in [1.82, 2.24) is 4.90 Å². The number of hydrogen-bond acceptors (Lipinski definition) is 5. The minimum Gasteiger partial charge on any atom is -0.493 e. The zero-order valence-electron chi connectivity index (χ0n) is 17.9. The highest BCUT2D eigenvalue weighted by atomic mass is 16.6. The number of benzene rings is 1. The molecule has 6 nitrogen and oxygen atoms in total. The van der Waals surface area contributed by atoms with Crippen LogP contribution in [0.3, 0.4) is 0 Å². The number of piperidine rings is 1. The van der Waals surface area contributed by atoms with Crippen LogP contribution in [-0.2, 0) is 4.74 Å². The standard InChI is InChI=1S/C22H35NO5/c1-6-7-8-18(24)16-9-10-19(20(15-16)26-5)27-17-11-13-23(14-12-17)21(25)28-22(2,3)4/h9-10,15,17-18,24H,6-8,11-14H2,1-5H3. The summed E-state index contributed by atoms with van der Waals surface area (Å²) in [4.78, 5) is 13.9. The van der Waals surface area contributed by atoms with Crippen LogP contribution in [0.2, 0.25) is 0 Å². The van der Waals surface area contributed by atoms with Crippen molar-refractivity contribution in [3.05, 3.63) is 23.8 Å². The van der Waals surface area contributed by atoms with Gasteiger partial charge < -0.3 is 24.2 Å². The molecule has 1 aromatic rings. The van der Waals surface area contributed by atoms with Crippen LogP contribution in [0.25, 0.3) is 0 Å². The van der Waals surface area contributed by atoms with Gasteiger partial charge in [-0.25, -0.2) is 4.79 Å². The number of methoxy groups -OCH3 is 1. The van der Waals surface area contributed by atoms with E-state index in [4.69, 9.17) is 14.2 Å². The van der Waals surface area contributed by atoms with Gasteiger partial charge in [0.1, 0.15) is 11.7 Å². The van der Waals surface area contributed by atoms with E-state index in [0.717, 1.165) is 37.7 Å². The van der Waals surface area contributed by atoms with Crippen molar-refractivity contribution in [3.8, 4) is 11.5 Å². The molecule has 2 rings (SSSR count). The topological polar surface area (TPSA) is 68.2 Å². The second kappa shape index (κ2) is 10.0. The number of carbonyl (C=O) groups is 1. The van der Waals surface area contributed by atoms with Gasteiger partial charge in [0.05, 0.1) is 13.2 Å². The van der Waals surface area contributed by atoms with E-state index in [0.29, 0.717) is 24.6 Å². The Labute approximate surface area is 168 Å². The summed E-state index contributed by atoms with van der Waals surface area (Å²) in [6.07, 6.45) is 3.52. The molecule has 1 fully saturated rings. The predicted octanol–water partition coefficient (Wildman–Crippen LogP) is 4.70. The van der Waals surface area contributed by atoms with Crippen molar-refractivity contribution in [2.45, 2.75) is 77.6 Å². The van der Waals surface area contributed by atoms with Crippen molar-refractivity contribution < 1.29 is 24.1 Å². The first-order valence-electron chi connectivity index (χ1n) is 10.2. The maximum atomic E-state index is 12.2. The smallest absolute Gasteiger partial charge is 0.410 e. The van der Waals surface area contributed by atoms with Crippen LogP contribution in [0, 0.1) is 0 Å². The summed E-state index contributed by atoms with van der Waals surface area (Å²) in [5, 5.41) is 10.3. The van der Waals surface area contributed by atoms with E-state index in [1.54, 1.807) is 12.0 Å². The average molecular weight is 394 g/mol. The molecule has 158 valence electrons. The third-order valence-corrected chi connectivity index (χ3v) is 4.79. The Hall–Kier alpha value is -1.95. The summed E-state index contributed by atoms with van der Waals surface area (Å²) >= 11 is 0. The van der Waals surface area contributed by atoms with E-state index < -0.39 is 11.7 Å². The molecule has 0 aliphatic carbocycles. The number of aliphatic hydroxyl groups excluding tert-OH is 1. The molecule has 28 heavy (non-hydrogen) atoms. The summed E-state index contributed by atoms with van der Waals surface area (Å²) in [5.74, 6) is 1.30. The largest absolute Gasteiger partial charge is 0.493 e. The maximum Gasteiger partial charge on any atom is 0.410 e. The Morgan fingerprint density at radius 2 is 1.93 bits per heavy atom.